The lowest BCUT2D eigenvalue weighted by atomic mass is 9.75. The standard InChI is InChI=1S/C12H19F3.C5H8O2/c1-11(2,12(13,14)15)7-10-6-8-3-4-9(10)5-8;1-4(2)5(6)7-3/h8-10H,3-7H2,1-2H3;1H2,2-3H3. The van der Waals surface area contributed by atoms with E-state index in [4.69, 9.17) is 0 Å². The van der Waals surface area contributed by atoms with Crippen molar-refractivity contribution < 1.29 is 22.7 Å². The Labute approximate surface area is 131 Å². The summed E-state index contributed by atoms with van der Waals surface area (Å²) in [4.78, 5) is 10.2. The van der Waals surface area contributed by atoms with Crippen LogP contribution in [0.1, 0.15) is 52.9 Å². The zero-order chi connectivity index (χ0) is 17.1. The maximum atomic E-state index is 12.7. The monoisotopic (exact) mass is 320 g/mol. The van der Waals surface area contributed by atoms with Gasteiger partial charge < -0.3 is 4.74 Å². The first-order valence-corrected chi connectivity index (χ1v) is 7.78. The van der Waals surface area contributed by atoms with Crippen LogP contribution in [0.3, 0.4) is 0 Å². The van der Waals surface area contributed by atoms with Crippen molar-refractivity contribution in [2.45, 2.75) is 59.1 Å². The Hall–Kier alpha value is -1.00. The van der Waals surface area contributed by atoms with Crippen molar-refractivity contribution in [3.05, 3.63) is 12.2 Å². The number of halogens is 3. The van der Waals surface area contributed by atoms with Crippen LogP contribution in [0, 0.1) is 23.2 Å². The van der Waals surface area contributed by atoms with Gasteiger partial charge in [-0.15, -0.1) is 0 Å². The third-order valence-corrected chi connectivity index (χ3v) is 4.96. The van der Waals surface area contributed by atoms with Gasteiger partial charge in [0.15, 0.2) is 0 Å². The maximum Gasteiger partial charge on any atom is 0.393 e. The van der Waals surface area contributed by atoms with Gasteiger partial charge in [0, 0.05) is 5.57 Å². The third-order valence-electron chi connectivity index (χ3n) is 4.96. The van der Waals surface area contributed by atoms with Crippen LogP contribution in [-0.2, 0) is 9.53 Å². The molecule has 0 heterocycles. The van der Waals surface area contributed by atoms with Crippen LogP contribution in [0.4, 0.5) is 13.2 Å². The molecule has 0 saturated heterocycles. The molecule has 3 atom stereocenters. The third kappa shape index (κ3) is 4.75. The largest absolute Gasteiger partial charge is 0.466 e. The van der Waals surface area contributed by atoms with Crippen LogP contribution >= 0.6 is 0 Å². The predicted molar refractivity (Wildman–Crippen MR) is 80.2 cm³/mol. The van der Waals surface area contributed by atoms with Gasteiger partial charge in [0.25, 0.3) is 0 Å². The minimum absolute atomic E-state index is 0.331. The number of esters is 1. The molecule has 0 aliphatic heterocycles. The molecule has 2 aliphatic rings. The zero-order valence-electron chi connectivity index (χ0n) is 13.9. The van der Waals surface area contributed by atoms with Gasteiger partial charge in [-0.05, 0) is 50.4 Å². The molecule has 0 aromatic heterocycles. The average molecular weight is 320 g/mol. The highest BCUT2D eigenvalue weighted by molar-refractivity contribution is 5.86. The lowest BCUT2D eigenvalue weighted by Crippen LogP contribution is -2.35. The number of hydrogen-bond acceptors (Lipinski definition) is 2. The average Bonchev–Trinajstić information content (AvgIpc) is 2.98. The van der Waals surface area contributed by atoms with Crippen molar-refractivity contribution in [1.29, 1.82) is 0 Å². The van der Waals surface area contributed by atoms with Crippen molar-refractivity contribution in [2.24, 2.45) is 23.2 Å². The summed E-state index contributed by atoms with van der Waals surface area (Å²) in [5.41, 5.74) is -1.06. The van der Waals surface area contributed by atoms with Crippen molar-refractivity contribution in [2.75, 3.05) is 7.11 Å². The van der Waals surface area contributed by atoms with E-state index in [1.807, 2.05) is 0 Å². The van der Waals surface area contributed by atoms with Crippen molar-refractivity contribution in [3.8, 4) is 0 Å². The van der Waals surface area contributed by atoms with Crippen molar-refractivity contribution in [3.63, 3.8) is 0 Å². The first-order chi connectivity index (χ1) is 9.98. The highest BCUT2D eigenvalue weighted by Gasteiger charge is 2.51. The van der Waals surface area contributed by atoms with Crippen LogP contribution in [0.25, 0.3) is 0 Å². The van der Waals surface area contributed by atoms with Gasteiger partial charge >= 0.3 is 12.1 Å². The molecule has 0 aromatic carbocycles. The second-order valence-corrected chi connectivity index (χ2v) is 7.29. The predicted octanol–water partition coefficient (Wildman–Crippen LogP) is 5.14. The summed E-state index contributed by atoms with van der Waals surface area (Å²) in [6.45, 7) is 7.65. The molecule has 0 amide bonds. The van der Waals surface area contributed by atoms with Gasteiger partial charge in [0.05, 0.1) is 12.5 Å². The number of ether oxygens (including phenoxy) is 1. The number of rotatable bonds is 3. The van der Waals surface area contributed by atoms with Gasteiger partial charge in [-0.25, -0.2) is 4.79 Å². The molecular formula is C17H27F3O2. The fraction of sp³-hybridized carbons (Fsp3) is 0.824. The van der Waals surface area contributed by atoms with E-state index in [1.165, 1.54) is 40.2 Å². The fourth-order valence-electron chi connectivity index (χ4n) is 3.57. The van der Waals surface area contributed by atoms with Crippen LogP contribution in [-0.4, -0.2) is 19.3 Å². The Morgan fingerprint density at radius 1 is 1.23 bits per heavy atom. The first kappa shape index (κ1) is 19.0. The van der Waals surface area contributed by atoms with Crippen LogP contribution in [0.2, 0.25) is 0 Å². The summed E-state index contributed by atoms with van der Waals surface area (Å²) < 4.78 is 42.5. The molecule has 2 bridgehead atoms. The smallest absolute Gasteiger partial charge is 0.393 e. The summed E-state index contributed by atoms with van der Waals surface area (Å²) >= 11 is 0. The minimum atomic E-state index is -4.05. The number of hydrogen-bond donors (Lipinski definition) is 0. The maximum absolute atomic E-state index is 12.7. The molecule has 2 nitrogen and oxygen atoms in total. The summed E-state index contributed by atoms with van der Waals surface area (Å²) in [7, 11) is 1.33. The van der Waals surface area contributed by atoms with Crippen molar-refractivity contribution in [1.82, 2.24) is 0 Å². The highest BCUT2D eigenvalue weighted by atomic mass is 19.4. The number of alkyl halides is 3. The van der Waals surface area contributed by atoms with E-state index in [2.05, 4.69) is 11.3 Å². The summed E-state index contributed by atoms with van der Waals surface area (Å²) in [5, 5.41) is 0. The molecule has 0 N–H and O–H groups in total. The molecule has 2 aliphatic carbocycles. The van der Waals surface area contributed by atoms with Crippen LogP contribution in [0.15, 0.2) is 12.2 Å². The summed E-state index contributed by atoms with van der Waals surface area (Å²) in [6, 6.07) is 0. The van der Waals surface area contributed by atoms with Gasteiger partial charge in [-0.1, -0.05) is 26.8 Å². The normalized spacial score (nSPS) is 27.1. The second kappa shape index (κ2) is 7.05. The second-order valence-electron chi connectivity index (χ2n) is 7.29. The van der Waals surface area contributed by atoms with E-state index in [0.29, 0.717) is 23.8 Å². The Morgan fingerprint density at radius 3 is 2.09 bits per heavy atom. The minimum Gasteiger partial charge on any atom is -0.466 e. The fourth-order valence-corrected chi connectivity index (χ4v) is 3.57. The number of methoxy groups -OCH3 is 1. The molecule has 0 aromatic rings. The van der Waals surface area contributed by atoms with E-state index in [-0.39, 0.29) is 5.97 Å². The van der Waals surface area contributed by atoms with Crippen LogP contribution in [0.5, 0.6) is 0 Å². The molecule has 128 valence electrons. The molecule has 3 unspecified atom stereocenters. The molecule has 0 radical (unpaired) electrons. The molecule has 2 rings (SSSR count). The molecule has 2 saturated carbocycles. The summed E-state index contributed by atoms with van der Waals surface area (Å²) in [5.74, 6) is 1.32. The first-order valence-electron chi connectivity index (χ1n) is 7.78. The Morgan fingerprint density at radius 2 is 1.82 bits per heavy atom. The van der Waals surface area contributed by atoms with Gasteiger partial charge in [0.2, 0.25) is 0 Å². The molecular weight excluding hydrogens is 293 g/mol. The zero-order valence-corrected chi connectivity index (χ0v) is 13.9. The molecule has 0 spiro atoms. The topological polar surface area (TPSA) is 26.3 Å². The number of fused-ring (bicyclic) bond motifs is 2. The quantitative estimate of drug-likeness (QED) is 0.532. The van der Waals surface area contributed by atoms with Gasteiger partial charge in [-0.2, -0.15) is 13.2 Å². The van der Waals surface area contributed by atoms with E-state index in [1.54, 1.807) is 6.92 Å². The van der Waals surface area contributed by atoms with Crippen molar-refractivity contribution >= 4 is 5.97 Å². The van der Waals surface area contributed by atoms with E-state index >= 15 is 0 Å². The molecule has 22 heavy (non-hydrogen) atoms. The lowest BCUT2D eigenvalue weighted by molar-refractivity contribution is -0.218. The number of carbonyl (C=O) groups excluding carboxylic acids is 1. The van der Waals surface area contributed by atoms with Crippen LogP contribution < -0.4 is 0 Å². The van der Waals surface area contributed by atoms with Gasteiger partial charge in [-0.3, -0.25) is 0 Å². The van der Waals surface area contributed by atoms with E-state index < -0.39 is 11.6 Å². The van der Waals surface area contributed by atoms with E-state index in [0.717, 1.165) is 12.3 Å². The van der Waals surface area contributed by atoms with E-state index in [9.17, 15) is 18.0 Å². The summed E-state index contributed by atoms with van der Waals surface area (Å²) in [6.07, 6.45) is 0.951. The number of carbonyl (C=O) groups is 1. The molecule has 5 heteroatoms. The Kier molecular flexibility index (Phi) is 6.10. The Bertz CT molecular complexity index is 413. The molecule has 2 fully saturated rings. The highest BCUT2D eigenvalue weighted by Crippen LogP contribution is 2.54. The lowest BCUT2D eigenvalue weighted by Gasteiger charge is -2.33. The SMILES string of the molecule is C=C(C)C(=O)OC.CC(C)(CC1CC2CCC1C2)C(F)(F)F. The Balaban J connectivity index is 0.000000295. The van der Waals surface area contributed by atoms with Gasteiger partial charge in [0.1, 0.15) is 0 Å².